The SMILES string of the molecule is C[B]CC(C[B]C)C[B]C.C[B]c1ccc2c(c1)C1(c3ccccc3-c3ccccc31)c1ccccc1-2.C[B]c1ccc2c(c1)Cc1ccccc1-2.[Y].[Y].[Y].[Y].[Y]. The van der Waals surface area contributed by atoms with Gasteiger partial charge in [-0.3, -0.25) is 0 Å². The Labute approximate surface area is 474 Å². The van der Waals surface area contributed by atoms with Gasteiger partial charge in [-0.15, -0.1) is 0 Å². The molecule has 0 atom stereocenters. The second-order valence-corrected chi connectivity index (χ2v) is 14.3. The first kappa shape index (κ1) is 54.3. The summed E-state index contributed by atoms with van der Waals surface area (Å²) < 4.78 is 0. The van der Waals surface area contributed by atoms with Crippen LogP contribution in [0.1, 0.15) is 33.4 Å². The predicted molar refractivity (Wildman–Crippen MR) is 233 cm³/mol. The molecule has 9 rings (SSSR count). The Hall–Kier alpha value is 1.16. The van der Waals surface area contributed by atoms with Gasteiger partial charge in [0, 0.05) is 164 Å². The van der Waals surface area contributed by atoms with E-state index in [2.05, 4.69) is 204 Å². The van der Waals surface area contributed by atoms with Gasteiger partial charge in [-0.2, -0.15) is 0 Å². The first-order chi connectivity index (χ1) is 25.6. The summed E-state index contributed by atoms with van der Waals surface area (Å²) in [7, 11) is 11.1. The summed E-state index contributed by atoms with van der Waals surface area (Å²) in [6, 6.07) is 49.2. The molecule has 0 N–H and O–H groups in total. The van der Waals surface area contributed by atoms with E-state index in [0.717, 1.165) is 12.3 Å². The van der Waals surface area contributed by atoms with Crippen molar-refractivity contribution < 1.29 is 164 Å². The molecule has 0 aromatic heterocycles. The molecule has 0 saturated heterocycles. The third kappa shape index (κ3) is 11.3. The van der Waals surface area contributed by atoms with Gasteiger partial charge in [-0.1, -0.05) is 203 Å². The van der Waals surface area contributed by atoms with E-state index in [-0.39, 0.29) is 169 Å². The van der Waals surface area contributed by atoms with Crippen molar-refractivity contribution in [2.75, 3.05) is 0 Å². The van der Waals surface area contributed by atoms with Crippen LogP contribution >= 0.6 is 0 Å². The molecule has 10 heteroatoms. The number of hydrogen-bond acceptors (Lipinski definition) is 0. The Kier molecular flexibility index (Phi) is 24.8. The summed E-state index contributed by atoms with van der Waals surface area (Å²) >= 11 is 0. The van der Waals surface area contributed by atoms with Gasteiger partial charge in [0.2, 0.25) is 0 Å². The van der Waals surface area contributed by atoms with Gasteiger partial charge in [-0.25, -0.2) is 0 Å². The maximum absolute atomic E-state index is 2.40. The fraction of sp³-hybridized carbons (Fsp3) is 0.234. The van der Waals surface area contributed by atoms with Crippen LogP contribution in [0.2, 0.25) is 53.1 Å². The summed E-state index contributed by atoms with van der Waals surface area (Å²) in [5, 5.41) is 0. The molecule has 0 amide bonds. The van der Waals surface area contributed by atoms with Gasteiger partial charge in [-0.05, 0) is 73.2 Å². The number of hydrogen-bond donors (Lipinski definition) is 0. The minimum Gasteiger partial charge on any atom is -0.0920 e. The average molecular weight is 1110 g/mol. The Morgan fingerprint density at radius 3 is 1.23 bits per heavy atom. The second kappa shape index (κ2) is 26.1. The molecule has 0 unspecified atom stereocenters. The van der Waals surface area contributed by atoms with Gasteiger partial charge in [0.25, 0.3) is 0 Å². The van der Waals surface area contributed by atoms with Gasteiger partial charge in [0.15, 0.2) is 0 Å². The quantitative estimate of drug-likeness (QED) is 0.133. The molecule has 6 aromatic rings. The van der Waals surface area contributed by atoms with Crippen LogP contribution in [-0.4, -0.2) is 36.4 Å². The fourth-order valence-electron chi connectivity index (χ4n) is 8.93. The molecule has 0 bridgehead atoms. The minimum atomic E-state index is -0.210. The normalized spacial score (nSPS) is 11.7. The molecule has 57 heavy (non-hydrogen) atoms. The number of rotatable bonds is 8. The number of fused-ring (bicyclic) bond motifs is 13. The van der Waals surface area contributed by atoms with Gasteiger partial charge < -0.3 is 0 Å². The van der Waals surface area contributed by atoms with Crippen molar-refractivity contribution in [3.63, 3.8) is 0 Å². The van der Waals surface area contributed by atoms with Crippen molar-refractivity contribution in [2.24, 2.45) is 5.92 Å². The molecule has 3 aliphatic carbocycles. The van der Waals surface area contributed by atoms with Gasteiger partial charge >= 0.3 is 0 Å². The standard InChI is InChI=1S/C26H18B.C14H12B.C7H16B3.5Y/c1-27-17-14-15-21-20-10-4-7-13-24(20)26(25(21)16-17)22-11-5-2-8-18(22)19-9-3-6-12-23(19)26;1-15-12-6-7-14-11(9-12)8-10-4-2-3-5-13(10)14;1-8-4-7(5-9-2)6-10-3;;;;;/h2-16H,1H3;2-7,9H,8H2,1H3;7H,4-6H2,1-3H3;;;;;. The predicted octanol–water partition coefficient (Wildman–Crippen LogP) is 10.1. The van der Waals surface area contributed by atoms with Crippen LogP contribution in [0.25, 0.3) is 33.4 Å². The second-order valence-electron chi connectivity index (χ2n) is 14.3. The summed E-state index contributed by atoms with van der Waals surface area (Å²) in [6.07, 6.45) is 4.87. The maximum atomic E-state index is 2.40. The van der Waals surface area contributed by atoms with Crippen molar-refractivity contribution in [2.45, 2.75) is 64.9 Å². The fourth-order valence-corrected chi connectivity index (χ4v) is 8.93. The van der Waals surface area contributed by atoms with Crippen LogP contribution in [0, 0.1) is 5.92 Å². The van der Waals surface area contributed by atoms with Crippen molar-refractivity contribution in [3.8, 4) is 33.4 Å². The Balaban J connectivity index is 0.000000321. The Morgan fingerprint density at radius 2 is 0.772 bits per heavy atom. The van der Waals surface area contributed by atoms with Crippen LogP contribution in [0.4, 0.5) is 0 Å². The molecule has 10 radical (unpaired) electrons. The van der Waals surface area contributed by atoms with Gasteiger partial charge in [0.05, 0.1) is 5.41 Å². The molecule has 6 aromatic carbocycles. The van der Waals surface area contributed by atoms with E-state index in [1.165, 1.54) is 96.6 Å². The molecule has 0 aliphatic heterocycles. The molecule has 0 heterocycles. The summed E-state index contributed by atoms with van der Waals surface area (Å²) in [6.45, 7) is 10.6. The molecule has 0 fully saturated rings. The topological polar surface area (TPSA) is 0 Å². The van der Waals surface area contributed by atoms with E-state index in [4.69, 9.17) is 0 Å². The van der Waals surface area contributed by atoms with Crippen LogP contribution in [-0.2, 0) is 175 Å². The average Bonchev–Trinajstić information content (AvgIpc) is 3.82. The van der Waals surface area contributed by atoms with Crippen molar-refractivity contribution in [1.82, 2.24) is 0 Å². The van der Waals surface area contributed by atoms with E-state index in [0.29, 0.717) is 0 Å². The van der Waals surface area contributed by atoms with Crippen LogP contribution < -0.4 is 10.9 Å². The molecular weight excluding hydrogens is 1060 g/mol. The molecule has 3 aliphatic rings. The molecule has 264 valence electrons. The van der Waals surface area contributed by atoms with Crippen molar-refractivity contribution >= 4 is 47.3 Å². The molecule has 1 spiro atoms. The Morgan fingerprint density at radius 1 is 0.404 bits per heavy atom. The monoisotopic (exact) mass is 1110 g/mol. The van der Waals surface area contributed by atoms with E-state index in [1.807, 2.05) is 0 Å². The van der Waals surface area contributed by atoms with E-state index in [1.54, 1.807) is 0 Å². The van der Waals surface area contributed by atoms with Gasteiger partial charge in [0.1, 0.15) is 36.4 Å². The minimum absolute atomic E-state index is 0. The van der Waals surface area contributed by atoms with E-state index < -0.39 is 0 Å². The van der Waals surface area contributed by atoms with Crippen molar-refractivity contribution in [3.05, 3.63) is 167 Å². The van der Waals surface area contributed by atoms with Crippen molar-refractivity contribution in [1.29, 1.82) is 0 Å². The summed E-state index contributed by atoms with van der Waals surface area (Å²) in [5.41, 5.74) is 19.2. The third-order valence-corrected chi connectivity index (χ3v) is 11.2. The maximum Gasteiger partial charge on any atom is 0.148 e. The first-order valence-electron chi connectivity index (χ1n) is 19.2. The van der Waals surface area contributed by atoms with E-state index in [9.17, 15) is 0 Å². The largest absolute Gasteiger partial charge is 0.148 e. The third-order valence-electron chi connectivity index (χ3n) is 11.2. The van der Waals surface area contributed by atoms with E-state index >= 15 is 0 Å². The summed E-state index contributed by atoms with van der Waals surface area (Å²) in [4.78, 5) is 0. The van der Waals surface area contributed by atoms with Crippen LogP contribution in [0.3, 0.4) is 0 Å². The summed E-state index contributed by atoms with van der Waals surface area (Å²) in [5.74, 6) is 0.861. The smallest absolute Gasteiger partial charge is 0.0920 e. The zero-order valence-corrected chi connectivity index (χ0v) is 48.6. The Bertz CT molecular complexity index is 2120. The molecular formula is C47H46B5Y5. The number of benzene rings is 6. The zero-order chi connectivity index (χ0) is 36.1. The molecule has 0 nitrogen and oxygen atoms in total. The molecule has 0 saturated carbocycles. The van der Waals surface area contributed by atoms with Crippen LogP contribution in [0.15, 0.2) is 133 Å². The first-order valence-corrected chi connectivity index (χ1v) is 19.2. The zero-order valence-electron chi connectivity index (χ0n) is 34.4. The van der Waals surface area contributed by atoms with Crippen LogP contribution in [0.5, 0.6) is 0 Å².